The zero-order valence-electron chi connectivity index (χ0n) is 5.50. The summed E-state index contributed by atoms with van der Waals surface area (Å²) < 4.78 is 0. The van der Waals surface area contributed by atoms with Crippen LogP contribution in [-0.2, 0) is 14.4 Å². The van der Waals surface area contributed by atoms with Crippen molar-refractivity contribution in [2.24, 2.45) is 11.8 Å². The van der Waals surface area contributed by atoms with Gasteiger partial charge in [0.1, 0.15) is 5.78 Å². The van der Waals surface area contributed by atoms with Crippen LogP contribution >= 0.6 is 0 Å². The average molecular weight is 143 g/mol. The summed E-state index contributed by atoms with van der Waals surface area (Å²) in [6, 6.07) is 0. The number of ketones is 1. The van der Waals surface area contributed by atoms with E-state index in [1.165, 1.54) is 0 Å². The van der Waals surface area contributed by atoms with Crippen LogP contribution in [0.3, 0.4) is 0 Å². The Labute approximate surface area is 58.3 Å². The van der Waals surface area contributed by atoms with E-state index in [9.17, 15) is 9.59 Å². The Morgan fingerprint density at radius 2 is 2.40 bits per heavy atom. The molecule has 0 aliphatic heterocycles. The lowest BCUT2D eigenvalue weighted by Gasteiger charge is -2.01. The first-order chi connectivity index (χ1) is 4.74. The summed E-state index contributed by atoms with van der Waals surface area (Å²) in [5, 5.41) is 0. The number of hydrogen-bond donors (Lipinski definition) is 1. The quantitative estimate of drug-likeness (QED) is 0.515. The van der Waals surface area contributed by atoms with Crippen molar-refractivity contribution in [3.05, 3.63) is 0 Å². The van der Waals surface area contributed by atoms with Gasteiger partial charge in [-0.1, -0.05) is 0 Å². The third-order valence-electron chi connectivity index (χ3n) is 1.70. The fraction of sp³-hybridized carbons (Fsp3) is 0.667. The Morgan fingerprint density at radius 1 is 1.70 bits per heavy atom. The molecular formula is C6H9NO3. The predicted octanol–water partition coefficient (Wildman–Crippen LogP) is -0.228. The van der Waals surface area contributed by atoms with Crippen molar-refractivity contribution in [1.29, 1.82) is 0 Å². The van der Waals surface area contributed by atoms with Crippen LogP contribution in [-0.4, -0.2) is 11.8 Å². The lowest BCUT2D eigenvalue weighted by molar-refractivity contribution is -0.149. The number of nitrogens with two attached hydrogens (primary N) is 1. The van der Waals surface area contributed by atoms with Gasteiger partial charge in [-0.15, -0.1) is 0 Å². The highest BCUT2D eigenvalue weighted by Crippen LogP contribution is 2.22. The van der Waals surface area contributed by atoms with Crippen molar-refractivity contribution in [3.63, 3.8) is 0 Å². The molecule has 2 N–H and O–H groups in total. The maximum atomic E-state index is 10.7. The van der Waals surface area contributed by atoms with Gasteiger partial charge in [0.2, 0.25) is 0 Å². The molecule has 0 bridgehead atoms. The van der Waals surface area contributed by atoms with Gasteiger partial charge in [0.05, 0.1) is 5.92 Å². The zero-order valence-corrected chi connectivity index (χ0v) is 5.50. The molecule has 0 aromatic carbocycles. The van der Waals surface area contributed by atoms with Crippen LogP contribution in [0.1, 0.15) is 19.3 Å². The molecule has 1 saturated carbocycles. The number of rotatable bonds is 1. The summed E-state index contributed by atoms with van der Waals surface area (Å²) in [5.41, 5.74) is 0. The van der Waals surface area contributed by atoms with E-state index in [0.29, 0.717) is 19.3 Å². The highest BCUT2D eigenvalue weighted by Gasteiger charge is 2.28. The van der Waals surface area contributed by atoms with Crippen molar-refractivity contribution in [3.8, 4) is 0 Å². The molecule has 1 fully saturated rings. The molecule has 1 aliphatic rings. The lowest BCUT2D eigenvalue weighted by Crippen LogP contribution is -2.18. The molecule has 0 aromatic rings. The first kappa shape index (κ1) is 7.21. The largest absolute Gasteiger partial charge is 0.373 e. The Kier molecular flexibility index (Phi) is 2.01. The fourth-order valence-electron chi connectivity index (χ4n) is 1.11. The molecule has 0 saturated heterocycles. The van der Waals surface area contributed by atoms with Crippen molar-refractivity contribution >= 4 is 11.8 Å². The van der Waals surface area contributed by atoms with Crippen molar-refractivity contribution < 1.29 is 14.4 Å². The number of carbonyl (C=O) groups excluding carboxylic acids is 2. The molecule has 0 radical (unpaired) electrons. The molecule has 0 amide bonds. The van der Waals surface area contributed by atoms with E-state index < -0.39 is 5.97 Å². The summed E-state index contributed by atoms with van der Waals surface area (Å²) >= 11 is 0. The van der Waals surface area contributed by atoms with Gasteiger partial charge in [-0.05, 0) is 6.42 Å². The number of carbonyl (C=O) groups is 2. The van der Waals surface area contributed by atoms with Crippen LogP contribution in [0.15, 0.2) is 0 Å². The van der Waals surface area contributed by atoms with Gasteiger partial charge in [-0.2, -0.15) is 5.90 Å². The molecule has 1 unspecified atom stereocenters. The molecular weight excluding hydrogens is 134 g/mol. The SMILES string of the molecule is NOC(=O)C1CCC(=O)C1. The monoisotopic (exact) mass is 143 g/mol. The predicted molar refractivity (Wildman–Crippen MR) is 32.6 cm³/mol. The van der Waals surface area contributed by atoms with E-state index in [0.717, 1.165) is 0 Å². The molecule has 10 heavy (non-hydrogen) atoms. The molecule has 4 heteroatoms. The summed E-state index contributed by atoms with van der Waals surface area (Å²) in [6.07, 6.45) is 1.38. The highest BCUT2D eigenvalue weighted by molar-refractivity contribution is 5.87. The van der Waals surface area contributed by atoms with Gasteiger partial charge in [0.25, 0.3) is 0 Å². The van der Waals surface area contributed by atoms with E-state index in [-0.39, 0.29) is 11.7 Å². The van der Waals surface area contributed by atoms with Gasteiger partial charge >= 0.3 is 5.97 Å². The second-order valence-corrected chi connectivity index (χ2v) is 2.42. The maximum absolute atomic E-state index is 10.7. The minimum Gasteiger partial charge on any atom is -0.373 e. The molecule has 1 atom stereocenters. The molecule has 1 rings (SSSR count). The third kappa shape index (κ3) is 1.33. The van der Waals surface area contributed by atoms with E-state index in [2.05, 4.69) is 10.7 Å². The molecule has 56 valence electrons. The van der Waals surface area contributed by atoms with Crippen LogP contribution in [0.2, 0.25) is 0 Å². The van der Waals surface area contributed by atoms with Gasteiger partial charge in [-0.25, -0.2) is 0 Å². The molecule has 0 aromatic heterocycles. The molecule has 0 spiro atoms. The Hall–Kier alpha value is -0.900. The zero-order chi connectivity index (χ0) is 7.56. The number of hydrogen-bond acceptors (Lipinski definition) is 4. The van der Waals surface area contributed by atoms with Gasteiger partial charge in [0.15, 0.2) is 0 Å². The van der Waals surface area contributed by atoms with Crippen molar-refractivity contribution in [1.82, 2.24) is 0 Å². The molecule has 1 aliphatic carbocycles. The van der Waals surface area contributed by atoms with E-state index in [1.54, 1.807) is 0 Å². The first-order valence-electron chi connectivity index (χ1n) is 3.16. The smallest absolute Gasteiger partial charge is 0.327 e. The standard InChI is InChI=1S/C6H9NO3/c7-10-6(9)4-1-2-5(8)3-4/h4H,1-3,7H2. The van der Waals surface area contributed by atoms with E-state index in [4.69, 9.17) is 0 Å². The second kappa shape index (κ2) is 2.79. The first-order valence-corrected chi connectivity index (χ1v) is 3.16. The van der Waals surface area contributed by atoms with Gasteiger partial charge in [0, 0.05) is 12.8 Å². The summed E-state index contributed by atoms with van der Waals surface area (Å²) in [4.78, 5) is 25.3. The third-order valence-corrected chi connectivity index (χ3v) is 1.70. The molecule has 0 heterocycles. The maximum Gasteiger partial charge on any atom is 0.327 e. The van der Waals surface area contributed by atoms with Crippen molar-refractivity contribution in [2.45, 2.75) is 19.3 Å². The fourth-order valence-corrected chi connectivity index (χ4v) is 1.11. The summed E-state index contributed by atoms with van der Waals surface area (Å²) in [6.45, 7) is 0. The second-order valence-electron chi connectivity index (χ2n) is 2.42. The van der Waals surface area contributed by atoms with Gasteiger partial charge in [-0.3, -0.25) is 9.59 Å². The summed E-state index contributed by atoms with van der Waals surface area (Å²) in [7, 11) is 0. The van der Waals surface area contributed by atoms with Gasteiger partial charge < -0.3 is 4.84 Å². The van der Waals surface area contributed by atoms with Crippen LogP contribution < -0.4 is 5.90 Å². The van der Waals surface area contributed by atoms with Crippen LogP contribution in [0.25, 0.3) is 0 Å². The normalized spacial score (nSPS) is 24.9. The van der Waals surface area contributed by atoms with E-state index >= 15 is 0 Å². The Balaban J connectivity index is 2.44. The Morgan fingerprint density at radius 3 is 2.80 bits per heavy atom. The molecule has 4 nitrogen and oxygen atoms in total. The van der Waals surface area contributed by atoms with E-state index in [1.807, 2.05) is 0 Å². The van der Waals surface area contributed by atoms with Crippen LogP contribution in [0.5, 0.6) is 0 Å². The minimum absolute atomic E-state index is 0.121. The summed E-state index contributed by atoms with van der Waals surface area (Å²) in [5.74, 6) is 4.01. The van der Waals surface area contributed by atoms with Crippen LogP contribution in [0, 0.1) is 5.92 Å². The Bertz CT molecular complexity index is 166. The van der Waals surface area contributed by atoms with Crippen molar-refractivity contribution in [2.75, 3.05) is 0 Å². The topological polar surface area (TPSA) is 69.4 Å². The highest BCUT2D eigenvalue weighted by atomic mass is 16.7. The average Bonchev–Trinajstić information content (AvgIpc) is 2.34. The minimum atomic E-state index is -0.467. The van der Waals surface area contributed by atoms with Crippen LogP contribution in [0.4, 0.5) is 0 Å². The lowest BCUT2D eigenvalue weighted by atomic mass is 10.1. The number of Topliss-reactive ketones (excluding diaryl/α,β-unsaturated/α-hetero) is 1.